The largest absolute Gasteiger partial charge is 0.299 e. The lowest BCUT2D eigenvalue weighted by molar-refractivity contribution is -0.137. The molecule has 0 amide bonds. The third kappa shape index (κ3) is 0.800. The summed E-state index contributed by atoms with van der Waals surface area (Å²) >= 11 is 0. The van der Waals surface area contributed by atoms with Gasteiger partial charge in [0.05, 0.1) is 0 Å². The molecule has 2 aliphatic carbocycles. The molecule has 0 heterocycles. The summed E-state index contributed by atoms with van der Waals surface area (Å²) in [5, 5.41) is 0. The van der Waals surface area contributed by atoms with Crippen LogP contribution in [0.1, 0.15) is 32.6 Å². The van der Waals surface area contributed by atoms with Crippen molar-refractivity contribution < 1.29 is 4.79 Å². The summed E-state index contributed by atoms with van der Waals surface area (Å²) in [6, 6.07) is 0. The molecule has 1 fully saturated rings. The van der Waals surface area contributed by atoms with E-state index in [1.807, 2.05) is 0 Å². The molecule has 0 unspecified atom stereocenters. The summed E-state index contributed by atoms with van der Waals surface area (Å²) in [6.45, 7) is 1.76. The summed E-state index contributed by atoms with van der Waals surface area (Å²) in [4.78, 5) is 11.3. The van der Waals surface area contributed by atoms with Gasteiger partial charge in [-0.2, -0.15) is 0 Å². The first-order valence-electron chi connectivity index (χ1n) is 4.42. The van der Waals surface area contributed by atoms with Crippen LogP contribution in [0.15, 0.2) is 12.2 Å². The molecule has 1 heteroatoms. The number of ketones is 1. The highest BCUT2D eigenvalue weighted by Crippen LogP contribution is 2.53. The zero-order valence-electron chi connectivity index (χ0n) is 6.97. The zero-order chi connectivity index (χ0) is 7.90. The van der Waals surface area contributed by atoms with Crippen LogP contribution in [0.25, 0.3) is 0 Å². The van der Waals surface area contributed by atoms with Crippen LogP contribution in [-0.4, -0.2) is 5.78 Å². The van der Waals surface area contributed by atoms with E-state index in [0.29, 0.717) is 11.7 Å². The van der Waals surface area contributed by atoms with Gasteiger partial charge in [0.1, 0.15) is 5.78 Å². The minimum atomic E-state index is 0.0920. The summed E-state index contributed by atoms with van der Waals surface area (Å²) in [5.74, 6) is 1.10. The van der Waals surface area contributed by atoms with Crippen molar-refractivity contribution in [3.63, 3.8) is 0 Å². The Labute approximate surface area is 67.5 Å². The van der Waals surface area contributed by atoms with Crippen molar-refractivity contribution in [2.24, 2.45) is 11.3 Å². The van der Waals surface area contributed by atoms with Crippen LogP contribution < -0.4 is 0 Å². The van der Waals surface area contributed by atoms with E-state index < -0.39 is 0 Å². The summed E-state index contributed by atoms with van der Waals surface area (Å²) in [7, 11) is 0. The Morgan fingerprint density at radius 3 is 2.73 bits per heavy atom. The molecular weight excluding hydrogens is 136 g/mol. The van der Waals surface area contributed by atoms with Crippen LogP contribution in [0.2, 0.25) is 0 Å². The maximum absolute atomic E-state index is 11.3. The second kappa shape index (κ2) is 2.20. The van der Waals surface area contributed by atoms with Gasteiger partial charge in [-0.25, -0.2) is 0 Å². The van der Waals surface area contributed by atoms with Gasteiger partial charge in [0.2, 0.25) is 0 Å². The lowest BCUT2D eigenvalue weighted by Crippen LogP contribution is -2.46. The van der Waals surface area contributed by atoms with E-state index in [1.165, 1.54) is 6.42 Å². The second-order valence-electron chi connectivity index (χ2n) is 3.86. The first-order chi connectivity index (χ1) is 5.26. The number of fused-ring (bicyclic) bond motifs is 1. The molecule has 0 aromatic rings. The van der Waals surface area contributed by atoms with Crippen LogP contribution >= 0.6 is 0 Å². The molecule has 0 saturated heterocycles. The van der Waals surface area contributed by atoms with Crippen molar-refractivity contribution in [2.45, 2.75) is 32.6 Å². The van der Waals surface area contributed by atoms with Crippen LogP contribution in [0.4, 0.5) is 0 Å². The average molecular weight is 150 g/mol. The van der Waals surface area contributed by atoms with Crippen molar-refractivity contribution >= 4 is 5.78 Å². The van der Waals surface area contributed by atoms with Crippen LogP contribution in [0, 0.1) is 11.3 Å². The molecule has 0 bridgehead atoms. The maximum Gasteiger partial charge on any atom is 0.136 e. The smallest absolute Gasteiger partial charge is 0.136 e. The van der Waals surface area contributed by atoms with Gasteiger partial charge < -0.3 is 0 Å². The highest BCUT2D eigenvalue weighted by Gasteiger charge is 2.49. The predicted octanol–water partition coefficient (Wildman–Crippen LogP) is 2.32. The van der Waals surface area contributed by atoms with E-state index in [4.69, 9.17) is 0 Å². The van der Waals surface area contributed by atoms with E-state index in [1.54, 1.807) is 6.92 Å². The Morgan fingerprint density at radius 2 is 2.36 bits per heavy atom. The molecule has 2 atom stereocenters. The number of allylic oxidation sites excluding steroid dienone is 2. The number of hydrogen-bond donors (Lipinski definition) is 0. The monoisotopic (exact) mass is 150 g/mol. The van der Waals surface area contributed by atoms with Crippen molar-refractivity contribution in [3.8, 4) is 0 Å². The molecule has 2 rings (SSSR count). The zero-order valence-corrected chi connectivity index (χ0v) is 6.97. The molecule has 1 saturated carbocycles. The highest BCUT2D eigenvalue weighted by molar-refractivity contribution is 5.84. The third-order valence-electron chi connectivity index (χ3n) is 3.49. The van der Waals surface area contributed by atoms with Crippen LogP contribution in [-0.2, 0) is 4.79 Å². The van der Waals surface area contributed by atoms with Gasteiger partial charge in [-0.3, -0.25) is 4.79 Å². The molecule has 60 valence electrons. The van der Waals surface area contributed by atoms with E-state index in [0.717, 1.165) is 19.3 Å². The highest BCUT2D eigenvalue weighted by atomic mass is 16.1. The van der Waals surface area contributed by atoms with Crippen LogP contribution in [0.5, 0.6) is 0 Å². The molecule has 1 nitrogen and oxygen atoms in total. The fourth-order valence-electron chi connectivity index (χ4n) is 2.47. The normalized spacial score (nSPS) is 41.0. The number of hydrogen-bond acceptors (Lipinski definition) is 1. The van der Waals surface area contributed by atoms with Crippen molar-refractivity contribution in [1.82, 2.24) is 0 Å². The number of carbonyl (C=O) groups is 1. The molecule has 0 spiro atoms. The van der Waals surface area contributed by atoms with E-state index in [2.05, 4.69) is 12.2 Å². The molecule has 2 aliphatic rings. The summed E-state index contributed by atoms with van der Waals surface area (Å²) in [5.41, 5.74) is 0.0920. The first-order valence-corrected chi connectivity index (χ1v) is 4.42. The van der Waals surface area contributed by atoms with Crippen molar-refractivity contribution in [2.75, 3.05) is 0 Å². The maximum atomic E-state index is 11.3. The van der Waals surface area contributed by atoms with Gasteiger partial charge in [-0.1, -0.05) is 12.2 Å². The Morgan fingerprint density at radius 1 is 1.55 bits per heavy atom. The molecule has 0 radical (unpaired) electrons. The lowest BCUT2D eigenvalue weighted by atomic mass is 9.54. The van der Waals surface area contributed by atoms with Crippen LogP contribution in [0.3, 0.4) is 0 Å². The first kappa shape index (κ1) is 7.08. The topological polar surface area (TPSA) is 17.1 Å². The molecule has 0 N–H and O–H groups in total. The Hall–Kier alpha value is -0.590. The standard InChI is InChI=1S/C10H14O/c1-8(11)10-6-3-2-4-9(10)5-7-10/h2-3,9H,4-7H2,1H3/t9-,10+/m1/s1. The van der Waals surface area contributed by atoms with Gasteiger partial charge in [0, 0.05) is 5.41 Å². The van der Waals surface area contributed by atoms with Gasteiger partial charge >= 0.3 is 0 Å². The summed E-state index contributed by atoms with van der Waals surface area (Å²) < 4.78 is 0. The number of Topliss-reactive ketones (excluding diaryl/α,β-unsaturated/α-hetero) is 1. The quantitative estimate of drug-likeness (QED) is 0.524. The van der Waals surface area contributed by atoms with Gasteiger partial charge in [0.25, 0.3) is 0 Å². The SMILES string of the molecule is CC(=O)[C@@]12CC=CC[C@@H]1CC2. The van der Waals surface area contributed by atoms with Gasteiger partial charge in [0.15, 0.2) is 0 Å². The Kier molecular flexibility index (Phi) is 1.41. The summed E-state index contributed by atoms with van der Waals surface area (Å²) in [6.07, 6.45) is 8.95. The fourth-order valence-corrected chi connectivity index (χ4v) is 2.47. The average Bonchev–Trinajstić information content (AvgIpc) is 1.91. The third-order valence-corrected chi connectivity index (χ3v) is 3.49. The number of rotatable bonds is 1. The van der Waals surface area contributed by atoms with E-state index in [9.17, 15) is 4.79 Å². The van der Waals surface area contributed by atoms with Crippen molar-refractivity contribution in [3.05, 3.63) is 12.2 Å². The Bertz CT molecular complexity index is 217. The van der Waals surface area contributed by atoms with Gasteiger partial charge in [-0.05, 0) is 38.5 Å². The molecular formula is C10H14O. The van der Waals surface area contributed by atoms with E-state index >= 15 is 0 Å². The molecule has 0 aromatic heterocycles. The van der Waals surface area contributed by atoms with E-state index in [-0.39, 0.29) is 5.41 Å². The Balaban J connectivity index is 2.24. The predicted molar refractivity (Wildman–Crippen MR) is 44.2 cm³/mol. The number of carbonyl (C=O) groups excluding carboxylic acids is 1. The molecule has 0 aromatic carbocycles. The van der Waals surface area contributed by atoms with Crippen molar-refractivity contribution in [1.29, 1.82) is 0 Å². The second-order valence-corrected chi connectivity index (χ2v) is 3.86. The minimum absolute atomic E-state index is 0.0920. The minimum Gasteiger partial charge on any atom is -0.299 e. The van der Waals surface area contributed by atoms with Gasteiger partial charge in [-0.15, -0.1) is 0 Å². The fraction of sp³-hybridized carbons (Fsp3) is 0.700. The molecule has 0 aliphatic heterocycles. The lowest BCUT2D eigenvalue weighted by Gasteiger charge is -2.49. The molecule has 11 heavy (non-hydrogen) atoms.